The van der Waals surface area contributed by atoms with Crippen LogP contribution >= 0.6 is 0 Å². The van der Waals surface area contributed by atoms with Crippen molar-refractivity contribution in [1.82, 2.24) is 14.4 Å². The lowest BCUT2D eigenvalue weighted by molar-refractivity contribution is 0.404. The number of benzene rings is 2. The normalized spacial score (nSPS) is 11.0. The van der Waals surface area contributed by atoms with Gasteiger partial charge in [0.15, 0.2) is 23.0 Å². The number of rotatable bonds is 4. The third kappa shape index (κ3) is 2.76. The summed E-state index contributed by atoms with van der Waals surface area (Å²) in [7, 11) is 0. The van der Waals surface area contributed by atoms with Crippen LogP contribution in [-0.4, -0.2) is 37.7 Å². The van der Waals surface area contributed by atoms with Crippen LogP contribution in [-0.2, 0) is 0 Å². The number of nitriles is 1. The maximum Gasteiger partial charge on any atom is 0.181 e. The molecule has 0 aliphatic rings. The predicted octanol–water partition coefficient (Wildman–Crippen LogP) is 2.20. The van der Waals surface area contributed by atoms with Crippen molar-refractivity contribution in [3.63, 3.8) is 0 Å². The number of phenols is 2. The summed E-state index contributed by atoms with van der Waals surface area (Å²) in [6, 6.07) is 11.9. The Labute approximate surface area is 154 Å². The van der Waals surface area contributed by atoms with Crippen LogP contribution in [0, 0.1) is 11.3 Å². The van der Waals surface area contributed by atoms with Crippen LogP contribution in [0.5, 0.6) is 11.5 Å². The van der Waals surface area contributed by atoms with Crippen LogP contribution in [0.2, 0.25) is 0 Å². The van der Waals surface area contributed by atoms with E-state index in [1.807, 2.05) is 4.40 Å². The minimum Gasteiger partial charge on any atom is -0.504 e. The molecular weight excluding hydrogens is 344 g/mol. The first kappa shape index (κ1) is 16.6. The second-order valence-electron chi connectivity index (χ2n) is 6.00. The number of phenolic OH excluding ortho intramolecular Hbond substituents is 2. The molecule has 0 aliphatic heterocycles. The average Bonchev–Trinajstić information content (AvgIpc) is 3.13. The van der Waals surface area contributed by atoms with Crippen molar-refractivity contribution < 1.29 is 10.2 Å². The molecule has 8 nitrogen and oxygen atoms in total. The number of hydrogen-bond donors (Lipinski definition) is 4. The SMILES string of the molecule is N#Cc1ccc2nc(NCCN)c3ncc(-c4ccc(O)c(O)c4)n3c2c1. The highest BCUT2D eigenvalue weighted by atomic mass is 16.3. The van der Waals surface area contributed by atoms with Gasteiger partial charge in [0.25, 0.3) is 0 Å². The van der Waals surface area contributed by atoms with Crippen LogP contribution in [0.4, 0.5) is 5.82 Å². The van der Waals surface area contributed by atoms with E-state index in [1.54, 1.807) is 30.5 Å². The van der Waals surface area contributed by atoms with E-state index in [0.29, 0.717) is 52.4 Å². The maximum absolute atomic E-state index is 9.88. The molecule has 0 atom stereocenters. The summed E-state index contributed by atoms with van der Waals surface area (Å²) in [5.74, 6) is 0.156. The number of nitrogens with one attached hydrogen (secondary N) is 1. The quantitative estimate of drug-likeness (QED) is 0.410. The first-order valence-corrected chi connectivity index (χ1v) is 8.30. The van der Waals surface area contributed by atoms with E-state index in [4.69, 9.17) is 5.73 Å². The van der Waals surface area contributed by atoms with E-state index in [0.717, 1.165) is 0 Å². The van der Waals surface area contributed by atoms with E-state index in [-0.39, 0.29) is 11.5 Å². The third-order valence-electron chi connectivity index (χ3n) is 4.26. The first-order chi connectivity index (χ1) is 13.1. The molecular formula is C19H16N6O2. The van der Waals surface area contributed by atoms with Crippen LogP contribution in [0.15, 0.2) is 42.6 Å². The zero-order chi connectivity index (χ0) is 19.0. The Balaban J connectivity index is 2.06. The van der Waals surface area contributed by atoms with Crippen LogP contribution in [0.25, 0.3) is 27.9 Å². The Bertz CT molecular complexity index is 1210. The van der Waals surface area contributed by atoms with Crippen LogP contribution < -0.4 is 11.1 Å². The van der Waals surface area contributed by atoms with Gasteiger partial charge in [-0.2, -0.15) is 5.26 Å². The number of nitrogens with zero attached hydrogens (tertiary/aromatic N) is 4. The van der Waals surface area contributed by atoms with Crippen molar-refractivity contribution in [3.8, 4) is 28.8 Å². The Morgan fingerprint density at radius 3 is 2.74 bits per heavy atom. The molecule has 0 bridgehead atoms. The molecule has 0 saturated carbocycles. The van der Waals surface area contributed by atoms with Crippen LogP contribution in [0.1, 0.15) is 5.56 Å². The Morgan fingerprint density at radius 1 is 1.15 bits per heavy atom. The van der Waals surface area contributed by atoms with E-state index in [9.17, 15) is 15.5 Å². The van der Waals surface area contributed by atoms with Gasteiger partial charge >= 0.3 is 0 Å². The molecule has 0 fully saturated rings. The third-order valence-corrected chi connectivity index (χ3v) is 4.26. The number of fused-ring (bicyclic) bond motifs is 3. The van der Waals surface area contributed by atoms with Crippen molar-refractivity contribution in [2.75, 3.05) is 18.4 Å². The summed E-state index contributed by atoms with van der Waals surface area (Å²) in [6.07, 6.45) is 1.66. The van der Waals surface area contributed by atoms with Gasteiger partial charge < -0.3 is 21.3 Å². The number of imidazole rings is 1. The highest BCUT2D eigenvalue weighted by Gasteiger charge is 2.16. The Kier molecular flexibility index (Phi) is 3.99. The summed E-state index contributed by atoms with van der Waals surface area (Å²) < 4.78 is 1.87. The second-order valence-corrected chi connectivity index (χ2v) is 6.00. The molecule has 5 N–H and O–H groups in total. The number of aromatic hydroxyl groups is 2. The van der Waals surface area contributed by atoms with Crippen molar-refractivity contribution in [2.24, 2.45) is 5.73 Å². The van der Waals surface area contributed by atoms with Crippen molar-refractivity contribution in [1.29, 1.82) is 5.26 Å². The summed E-state index contributed by atoms with van der Waals surface area (Å²) in [5.41, 5.74) is 9.42. The number of hydrogen-bond acceptors (Lipinski definition) is 7. The molecule has 8 heteroatoms. The molecule has 0 radical (unpaired) electrons. The summed E-state index contributed by atoms with van der Waals surface area (Å²) >= 11 is 0. The lowest BCUT2D eigenvalue weighted by atomic mass is 10.1. The maximum atomic E-state index is 9.88. The van der Waals surface area contributed by atoms with Crippen molar-refractivity contribution in [2.45, 2.75) is 0 Å². The van der Waals surface area contributed by atoms with Gasteiger partial charge in [0, 0.05) is 18.7 Å². The van der Waals surface area contributed by atoms with Gasteiger partial charge in [-0.3, -0.25) is 4.40 Å². The molecule has 2 heterocycles. The summed E-state index contributed by atoms with van der Waals surface area (Å²) in [5, 5.41) is 31.9. The van der Waals surface area contributed by atoms with Gasteiger partial charge in [0.1, 0.15) is 0 Å². The topological polar surface area (TPSA) is 132 Å². The predicted molar refractivity (Wildman–Crippen MR) is 102 cm³/mol. The van der Waals surface area contributed by atoms with Crippen molar-refractivity contribution in [3.05, 3.63) is 48.2 Å². The minimum absolute atomic E-state index is 0.198. The van der Waals surface area contributed by atoms with E-state index < -0.39 is 0 Å². The molecule has 2 aromatic carbocycles. The fourth-order valence-electron chi connectivity index (χ4n) is 3.00. The lowest BCUT2D eigenvalue weighted by Gasteiger charge is -2.11. The lowest BCUT2D eigenvalue weighted by Crippen LogP contribution is -2.15. The number of aromatic nitrogens is 3. The van der Waals surface area contributed by atoms with Crippen LogP contribution in [0.3, 0.4) is 0 Å². The van der Waals surface area contributed by atoms with Gasteiger partial charge in [0.2, 0.25) is 0 Å². The van der Waals surface area contributed by atoms with Gasteiger partial charge in [-0.05, 0) is 36.4 Å². The summed E-state index contributed by atoms with van der Waals surface area (Å²) in [6.45, 7) is 0.977. The van der Waals surface area contributed by atoms with Crippen molar-refractivity contribution >= 4 is 22.5 Å². The standard InChI is InChI=1S/C19H16N6O2/c20-5-6-22-18-19-23-10-15(12-2-4-16(26)17(27)8-12)25(19)14-7-11(9-21)1-3-13(14)24-18/h1-4,7-8,10,26-27H,5-6,20H2,(H,22,24). The molecule has 0 amide bonds. The van der Waals surface area contributed by atoms with Gasteiger partial charge in [-0.15, -0.1) is 0 Å². The first-order valence-electron chi connectivity index (χ1n) is 8.30. The van der Waals surface area contributed by atoms with Gasteiger partial charge in [-0.1, -0.05) is 0 Å². The van der Waals surface area contributed by atoms with E-state index >= 15 is 0 Å². The average molecular weight is 360 g/mol. The Hall–Kier alpha value is -3.83. The fraction of sp³-hybridized carbons (Fsp3) is 0.105. The minimum atomic E-state index is -0.222. The molecule has 0 saturated heterocycles. The zero-order valence-electron chi connectivity index (χ0n) is 14.2. The smallest absolute Gasteiger partial charge is 0.181 e. The highest BCUT2D eigenvalue weighted by molar-refractivity contribution is 5.87. The van der Waals surface area contributed by atoms with Gasteiger partial charge in [0.05, 0.1) is 34.6 Å². The highest BCUT2D eigenvalue weighted by Crippen LogP contribution is 2.33. The zero-order valence-corrected chi connectivity index (χ0v) is 14.2. The number of anilines is 1. The summed E-state index contributed by atoms with van der Waals surface area (Å²) in [4.78, 5) is 9.08. The Morgan fingerprint density at radius 2 is 2.00 bits per heavy atom. The molecule has 134 valence electrons. The molecule has 4 rings (SSSR count). The fourth-order valence-corrected chi connectivity index (χ4v) is 3.00. The largest absolute Gasteiger partial charge is 0.504 e. The van der Waals surface area contributed by atoms with E-state index in [2.05, 4.69) is 21.4 Å². The van der Waals surface area contributed by atoms with E-state index in [1.165, 1.54) is 12.1 Å². The molecule has 0 spiro atoms. The molecule has 0 unspecified atom stereocenters. The second kappa shape index (κ2) is 6.48. The molecule has 0 aliphatic carbocycles. The monoisotopic (exact) mass is 360 g/mol. The molecule has 2 aromatic heterocycles. The number of nitrogens with two attached hydrogens (primary N) is 1. The molecule has 27 heavy (non-hydrogen) atoms. The molecule has 4 aromatic rings. The van der Waals surface area contributed by atoms with Gasteiger partial charge in [-0.25, -0.2) is 9.97 Å².